The lowest BCUT2D eigenvalue weighted by Gasteiger charge is -2.30. The SMILES string of the molecule is CC1CCC(CC(=O)N(Cc2ccsc2)C2CC23CCNCC3)C1.Cl. The molecule has 140 valence electrons. The Morgan fingerprint density at radius 2 is 2.16 bits per heavy atom. The standard InChI is InChI=1S/C20H30N2OS.ClH/c1-15-2-3-16(10-15)11-19(23)22(13-17-4-9-24-14-17)18-12-20(18)5-7-21-8-6-20;/h4,9,14-16,18,21H,2-3,5-8,10-13H2,1H3;1H. The number of nitrogens with zero attached hydrogens (tertiary/aromatic N) is 1. The van der Waals surface area contributed by atoms with Crippen LogP contribution in [0.15, 0.2) is 16.8 Å². The summed E-state index contributed by atoms with van der Waals surface area (Å²) in [6.45, 7) is 5.40. The van der Waals surface area contributed by atoms with Crippen LogP contribution in [0, 0.1) is 17.3 Å². The Kier molecular flexibility index (Phi) is 6.12. The monoisotopic (exact) mass is 382 g/mol. The van der Waals surface area contributed by atoms with Crippen molar-refractivity contribution in [2.75, 3.05) is 13.1 Å². The van der Waals surface area contributed by atoms with Crippen molar-refractivity contribution in [3.63, 3.8) is 0 Å². The van der Waals surface area contributed by atoms with E-state index in [1.165, 1.54) is 44.1 Å². The summed E-state index contributed by atoms with van der Waals surface area (Å²) in [6.07, 6.45) is 8.29. The van der Waals surface area contributed by atoms with Crippen LogP contribution in [0.2, 0.25) is 0 Å². The first-order valence-electron chi connectivity index (χ1n) is 9.67. The Morgan fingerprint density at radius 1 is 1.36 bits per heavy atom. The van der Waals surface area contributed by atoms with Gasteiger partial charge in [0.25, 0.3) is 0 Å². The summed E-state index contributed by atoms with van der Waals surface area (Å²) in [5.74, 6) is 1.85. The van der Waals surface area contributed by atoms with Crippen molar-refractivity contribution in [1.29, 1.82) is 0 Å². The van der Waals surface area contributed by atoms with E-state index in [4.69, 9.17) is 0 Å². The summed E-state index contributed by atoms with van der Waals surface area (Å²) >= 11 is 1.74. The van der Waals surface area contributed by atoms with Crippen molar-refractivity contribution in [2.24, 2.45) is 17.3 Å². The third kappa shape index (κ3) is 4.23. The zero-order valence-corrected chi connectivity index (χ0v) is 16.8. The lowest BCUT2D eigenvalue weighted by atomic mass is 9.93. The van der Waals surface area contributed by atoms with E-state index in [9.17, 15) is 4.79 Å². The molecular weight excluding hydrogens is 352 g/mol. The van der Waals surface area contributed by atoms with Gasteiger partial charge in [0.1, 0.15) is 0 Å². The van der Waals surface area contributed by atoms with Gasteiger partial charge in [-0.15, -0.1) is 12.4 Å². The van der Waals surface area contributed by atoms with E-state index < -0.39 is 0 Å². The molecule has 1 aliphatic heterocycles. The van der Waals surface area contributed by atoms with Crippen molar-refractivity contribution >= 4 is 29.7 Å². The van der Waals surface area contributed by atoms with Gasteiger partial charge in [0.05, 0.1) is 0 Å². The second-order valence-corrected chi connectivity index (χ2v) is 9.25. The average molecular weight is 383 g/mol. The number of amides is 1. The van der Waals surface area contributed by atoms with E-state index in [1.807, 2.05) is 0 Å². The Bertz CT molecular complexity index is 570. The zero-order valence-electron chi connectivity index (χ0n) is 15.2. The van der Waals surface area contributed by atoms with Crippen molar-refractivity contribution < 1.29 is 4.79 Å². The number of nitrogens with one attached hydrogen (secondary N) is 1. The predicted molar refractivity (Wildman–Crippen MR) is 106 cm³/mol. The second kappa shape index (κ2) is 7.98. The molecule has 4 rings (SSSR count). The number of piperidine rings is 1. The summed E-state index contributed by atoms with van der Waals surface area (Å²) in [6, 6.07) is 2.67. The van der Waals surface area contributed by atoms with Crippen LogP contribution in [-0.2, 0) is 11.3 Å². The minimum absolute atomic E-state index is 0. The first-order chi connectivity index (χ1) is 11.7. The molecule has 3 nitrogen and oxygen atoms in total. The fourth-order valence-electron chi connectivity index (χ4n) is 5.05. The molecule has 0 aromatic carbocycles. The first kappa shape index (κ1) is 19.2. The van der Waals surface area contributed by atoms with E-state index in [1.54, 1.807) is 11.3 Å². The molecule has 1 spiro atoms. The quantitative estimate of drug-likeness (QED) is 0.814. The highest BCUT2D eigenvalue weighted by Crippen LogP contribution is 2.56. The number of thiophene rings is 1. The van der Waals surface area contributed by atoms with Gasteiger partial charge < -0.3 is 10.2 Å². The minimum atomic E-state index is 0. The van der Waals surface area contributed by atoms with Gasteiger partial charge in [0.15, 0.2) is 0 Å². The van der Waals surface area contributed by atoms with Crippen LogP contribution >= 0.6 is 23.7 Å². The molecule has 2 heterocycles. The van der Waals surface area contributed by atoms with Crippen molar-refractivity contribution in [1.82, 2.24) is 10.2 Å². The molecule has 0 bridgehead atoms. The second-order valence-electron chi connectivity index (χ2n) is 8.47. The van der Waals surface area contributed by atoms with E-state index in [0.29, 0.717) is 23.3 Å². The predicted octanol–water partition coefficient (Wildman–Crippen LogP) is 4.47. The van der Waals surface area contributed by atoms with E-state index in [-0.39, 0.29) is 12.4 Å². The molecule has 3 unspecified atom stereocenters. The Morgan fingerprint density at radius 3 is 2.80 bits per heavy atom. The van der Waals surface area contributed by atoms with Crippen LogP contribution in [-0.4, -0.2) is 29.9 Å². The number of carbonyl (C=O) groups excluding carboxylic acids is 1. The zero-order chi connectivity index (χ0) is 16.6. The van der Waals surface area contributed by atoms with Gasteiger partial charge in [0.2, 0.25) is 5.91 Å². The molecule has 0 radical (unpaired) electrons. The largest absolute Gasteiger partial charge is 0.335 e. The van der Waals surface area contributed by atoms with Crippen LogP contribution < -0.4 is 5.32 Å². The van der Waals surface area contributed by atoms with Gasteiger partial charge in [0, 0.05) is 19.0 Å². The van der Waals surface area contributed by atoms with Gasteiger partial charge in [-0.2, -0.15) is 11.3 Å². The van der Waals surface area contributed by atoms with E-state index in [2.05, 4.69) is 34.0 Å². The van der Waals surface area contributed by atoms with Crippen molar-refractivity contribution in [2.45, 2.75) is 64.5 Å². The molecule has 1 amide bonds. The van der Waals surface area contributed by atoms with Crippen LogP contribution in [0.3, 0.4) is 0 Å². The lowest BCUT2D eigenvalue weighted by molar-refractivity contribution is -0.134. The normalized spacial score (nSPS) is 30.0. The Balaban J connectivity index is 0.00000182. The van der Waals surface area contributed by atoms with Crippen LogP contribution in [0.25, 0.3) is 0 Å². The number of halogens is 1. The van der Waals surface area contributed by atoms with Crippen LogP contribution in [0.5, 0.6) is 0 Å². The summed E-state index contributed by atoms with van der Waals surface area (Å²) in [5.41, 5.74) is 1.74. The molecule has 25 heavy (non-hydrogen) atoms. The molecule has 3 fully saturated rings. The smallest absolute Gasteiger partial charge is 0.223 e. The van der Waals surface area contributed by atoms with Crippen molar-refractivity contribution in [3.05, 3.63) is 22.4 Å². The number of rotatable bonds is 5. The molecule has 2 saturated carbocycles. The maximum absolute atomic E-state index is 13.2. The summed E-state index contributed by atoms with van der Waals surface area (Å²) in [7, 11) is 0. The van der Waals surface area contributed by atoms with E-state index in [0.717, 1.165) is 32.0 Å². The minimum Gasteiger partial charge on any atom is -0.335 e. The first-order valence-corrected chi connectivity index (χ1v) is 10.6. The van der Waals surface area contributed by atoms with Crippen LogP contribution in [0.4, 0.5) is 0 Å². The Labute approximate surface area is 162 Å². The van der Waals surface area contributed by atoms with Crippen molar-refractivity contribution in [3.8, 4) is 0 Å². The average Bonchev–Trinajstić information content (AvgIpc) is 2.96. The van der Waals surface area contributed by atoms with Gasteiger partial charge in [-0.1, -0.05) is 13.3 Å². The topological polar surface area (TPSA) is 32.3 Å². The highest BCUT2D eigenvalue weighted by molar-refractivity contribution is 7.07. The van der Waals surface area contributed by atoms with E-state index >= 15 is 0 Å². The molecule has 1 N–H and O–H groups in total. The highest BCUT2D eigenvalue weighted by atomic mass is 35.5. The number of hydrogen-bond donors (Lipinski definition) is 1. The molecular formula is C20H31ClN2OS. The summed E-state index contributed by atoms with van der Waals surface area (Å²) in [5, 5.41) is 7.81. The van der Waals surface area contributed by atoms with Gasteiger partial charge in [-0.05, 0) is 84.8 Å². The van der Waals surface area contributed by atoms with Gasteiger partial charge in [-0.3, -0.25) is 4.79 Å². The molecule has 3 aliphatic rings. The maximum atomic E-state index is 13.2. The number of carbonyl (C=O) groups is 1. The summed E-state index contributed by atoms with van der Waals surface area (Å²) < 4.78 is 0. The molecule has 3 atom stereocenters. The molecule has 2 aliphatic carbocycles. The fraction of sp³-hybridized carbons (Fsp3) is 0.750. The third-order valence-electron chi connectivity index (χ3n) is 6.64. The Hall–Kier alpha value is -0.580. The molecule has 1 aromatic heterocycles. The maximum Gasteiger partial charge on any atom is 0.223 e. The fourth-order valence-corrected chi connectivity index (χ4v) is 5.71. The molecule has 1 aromatic rings. The highest BCUT2D eigenvalue weighted by Gasteiger charge is 2.57. The summed E-state index contributed by atoms with van der Waals surface area (Å²) in [4.78, 5) is 15.4. The van der Waals surface area contributed by atoms with Crippen LogP contribution in [0.1, 0.15) is 57.4 Å². The van der Waals surface area contributed by atoms with Gasteiger partial charge >= 0.3 is 0 Å². The molecule has 1 saturated heterocycles. The van der Waals surface area contributed by atoms with Gasteiger partial charge in [-0.25, -0.2) is 0 Å². The molecule has 5 heteroatoms. The third-order valence-corrected chi connectivity index (χ3v) is 7.37. The lowest BCUT2D eigenvalue weighted by Crippen LogP contribution is -2.39. The number of hydrogen-bond acceptors (Lipinski definition) is 3.